The first-order valence-electron chi connectivity index (χ1n) is 7.00. The monoisotopic (exact) mass is 305 g/mol. The Balaban J connectivity index is 1.83. The zero-order valence-corrected chi connectivity index (χ0v) is 11.6. The second-order valence-electron chi connectivity index (χ2n) is 5.52. The number of hydrogen-bond donors (Lipinski definition) is 3. The largest absolute Gasteiger partial charge is 0.481 e. The van der Waals surface area contributed by atoms with Crippen molar-refractivity contribution in [1.29, 1.82) is 0 Å². The summed E-state index contributed by atoms with van der Waals surface area (Å²) < 4.78 is 5.54. The van der Waals surface area contributed by atoms with Crippen molar-refractivity contribution in [3.63, 3.8) is 0 Å². The van der Waals surface area contributed by atoms with Crippen LogP contribution in [-0.4, -0.2) is 40.3 Å². The molecule has 1 aromatic carbocycles. The molecule has 2 bridgehead atoms. The van der Waals surface area contributed by atoms with Gasteiger partial charge in [-0.15, -0.1) is 0 Å². The van der Waals surface area contributed by atoms with Gasteiger partial charge in [0.2, 0.25) is 5.91 Å². The van der Waals surface area contributed by atoms with Gasteiger partial charge in [0.25, 0.3) is 0 Å². The lowest BCUT2D eigenvalue weighted by atomic mass is 9.78. The summed E-state index contributed by atoms with van der Waals surface area (Å²) in [6.07, 6.45) is 0.431. The van der Waals surface area contributed by atoms with Crippen molar-refractivity contribution in [2.24, 2.45) is 11.8 Å². The van der Waals surface area contributed by atoms with Crippen LogP contribution in [-0.2, 0) is 14.3 Å². The minimum Gasteiger partial charge on any atom is -0.481 e. The number of carboxylic acid groups (broad SMARTS) is 2. The first-order chi connectivity index (χ1) is 10.5. The Morgan fingerprint density at radius 1 is 1.05 bits per heavy atom. The van der Waals surface area contributed by atoms with Gasteiger partial charge in [-0.1, -0.05) is 12.1 Å². The quantitative estimate of drug-likeness (QED) is 0.770. The van der Waals surface area contributed by atoms with Crippen LogP contribution in [0.4, 0.5) is 5.69 Å². The first-order valence-corrected chi connectivity index (χ1v) is 7.00. The molecule has 116 valence electrons. The number of benzene rings is 1. The van der Waals surface area contributed by atoms with E-state index in [1.165, 1.54) is 12.1 Å². The summed E-state index contributed by atoms with van der Waals surface area (Å²) in [5, 5.41) is 21.0. The van der Waals surface area contributed by atoms with Crippen molar-refractivity contribution >= 4 is 23.5 Å². The van der Waals surface area contributed by atoms with Gasteiger partial charge in [0.05, 0.1) is 35.3 Å². The van der Waals surface area contributed by atoms with Crippen LogP contribution < -0.4 is 5.32 Å². The third-order valence-corrected chi connectivity index (χ3v) is 4.28. The van der Waals surface area contributed by atoms with Crippen molar-refractivity contribution in [3.05, 3.63) is 29.8 Å². The molecule has 0 aliphatic carbocycles. The molecule has 4 atom stereocenters. The lowest BCUT2D eigenvalue weighted by Crippen LogP contribution is -2.41. The topological polar surface area (TPSA) is 113 Å². The molecule has 0 unspecified atom stereocenters. The summed E-state index contributed by atoms with van der Waals surface area (Å²) >= 11 is 0. The second-order valence-corrected chi connectivity index (χ2v) is 5.52. The molecule has 1 aromatic rings. The molecule has 0 radical (unpaired) electrons. The molecule has 2 fully saturated rings. The van der Waals surface area contributed by atoms with Crippen molar-refractivity contribution in [3.8, 4) is 0 Å². The van der Waals surface area contributed by atoms with Crippen LogP contribution in [0.5, 0.6) is 0 Å². The van der Waals surface area contributed by atoms with E-state index in [2.05, 4.69) is 5.32 Å². The molecule has 1 amide bonds. The van der Waals surface area contributed by atoms with E-state index >= 15 is 0 Å². The molecule has 22 heavy (non-hydrogen) atoms. The number of carbonyl (C=O) groups is 3. The molecule has 0 saturated carbocycles. The van der Waals surface area contributed by atoms with Crippen LogP contribution in [0.15, 0.2) is 24.3 Å². The molecule has 3 rings (SSSR count). The fourth-order valence-corrected chi connectivity index (χ4v) is 3.32. The number of aliphatic carboxylic acids is 1. The third kappa shape index (κ3) is 2.33. The van der Waals surface area contributed by atoms with Crippen LogP contribution in [0.3, 0.4) is 0 Å². The van der Waals surface area contributed by atoms with Gasteiger partial charge in [-0.25, -0.2) is 4.79 Å². The predicted octanol–water partition coefficient (Wildman–Crippen LogP) is 1.20. The molecule has 2 saturated heterocycles. The molecule has 7 nitrogen and oxygen atoms in total. The van der Waals surface area contributed by atoms with Gasteiger partial charge < -0.3 is 20.3 Å². The van der Waals surface area contributed by atoms with Gasteiger partial charge in [-0.2, -0.15) is 0 Å². The number of rotatable bonds is 4. The Morgan fingerprint density at radius 2 is 1.68 bits per heavy atom. The molecule has 3 N–H and O–H groups in total. The molecule has 0 aromatic heterocycles. The van der Waals surface area contributed by atoms with Gasteiger partial charge in [0.1, 0.15) is 0 Å². The maximum Gasteiger partial charge on any atom is 0.337 e. The number of carboxylic acids is 2. The Labute approximate surface area is 125 Å². The minimum atomic E-state index is -1.16. The van der Waals surface area contributed by atoms with Crippen LogP contribution in [0.1, 0.15) is 23.2 Å². The van der Waals surface area contributed by atoms with Crippen LogP contribution in [0.2, 0.25) is 0 Å². The van der Waals surface area contributed by atoms with Gasteiger partial charge in [-0.3, -0.25) is 9.59 Å². The van der Waals surface area contributed by atoms with Crippen LogP contribution >= 0.6 is 0 Å². The van der Waals surface area contributed by atoms with Crippen molar-refractivity contribution in [1.82, 2.24) is 0 Å². The van der Waals surface area contributed by atoms with E-state index in [4.69, 9.17) is 9.84 Å². The molecule has 2 heterocycles. The number of hydrogen-bond acceptors (Lipinski definition) is 4. The summed E-state index contributed by atoms with van der Waals surface area (Å²) in [5.41, 5.74) is 0.124. The predicted molar refractivity (Wildman–Crippen MR) is 74.5 cm³/mol. The number of carbonyl (C=O) groups excluding carboxylic acids is 1. The zero-order chi connectivity index (χ0) is 15.9. The highest BCUT2D eigenvalue weighted by Crippen LogP contribution is 2.44. The smallest absolute Gasteiger partial charge is 0.337 e. The number of amides is 1. The van der Waals surface area contributed by atoms with Crippen molar-refractivity contribution in [2.75, 3.05) is 5.32 Å². The van der Waals surface area contributed by atoms with E-state index < -0.39 is 41.9 Å². The van der Waals surface area contributed by atoms with E-state index in [9.17, 15) is 19.5 Å². The number of para-hydroxylation sites is 1. The number of anilines is 1. The van der Waals surface area contributed by atoms with E-state index in [0.717, 1.165) is 0 Å². The SMILES string of the molecule is O=C(O)c1ccccc1NC(=O)[C@@H]1[C@@H](C(=O)O)[C@@H]2CC[C@H]1O2. The van der Waals surface area contributed by atoms with E-state index in [1.54, 1.807) is 12.1 Å². The zero-order valence-electron chi connectivity index (χ0n) is 11.6. The van der Waals surface area contributed by atoms with Gasteiger partial charge in [0, 0.05) is 0 Å². The normalized spacial score (nSPS) is 29.3. The van der Waals surface area contributed by atoms with Crippen molar-refractivity contribution in [2.45, 2.75) is 25.0 Å². The fourth-order valence-electron chi connectivity index (χ4n) is 3.32. The number of nitrogens with one attached hydrogen (secondary N) is 1. The highest BCUT2D eigenvalue weighted by atomic mass is 16.5. The Morgan fingerprint density at radius 3 is 2.32 bits per heavy atom. The highest BCUT2D eigenvalue weighted by molar-refractivity contribution is 6.02. The number of fused-ring (bicyclic) bond motifs is 2. The van der Waals surface area contributed by atoms with E-state index in [0.29, 0.717) is 12.8 Å². The van der Waals surface area contributed by atoms with Crippen LogP contribution in [0.25, 0.3) is 0 Å². The molecule has 2 aliphatic rings. The Bertz CT molecular complexity index is 643. The van der Waals surface area contributed by atoms with Gasteiger partial charge in [0.15, 0.2) is 0 Å². The molecular weight excluding hydrogens is 290 g/mol. The Kier molecular flexibility index (Phi) is 3.58. The average molecular weight is 305 g/mol. The first kappa shape index (κ1) is 14.5. The summed E-state index contributed by atoms with van der Waals surface area (Å²) in [5.74, 6) is -4.39. The van der Waals surface area contributed by atoms with Crippen molar-refractivity contribution < 1.29 is 29.3 Å². The van der Waals surface area contributed by atoms with Gasteiger partial charge in [-0.05, 0) is 25.0 Å². The number of aromatic carboxylic acids is 1. The van der Waals surface area contributed by atoms with Crippen LogP contribution in [0, 0.1) is 11.8 Å². The fraction of sp³-hybridized carbons (Fsp3) is 0.400. The second kappa shape index (κ2) is 5.42. The Hall–Kier alpha value is -2.41. The van der Waals surface area contributed by atoms with Gasteiger partial charge >= 0.3 is 11.9 Å². The summed E-state index contributed by atoms with van der Waals surface area (Å²) in [6, 6.07) is 6.02. The summed E-state index contributed by atoms with van der Waals surface area (Å²) in [7, 11) is 0. The number of ether oxygens (including phenoxy) is 1. The summed E-state index contributed by atoms with van der Waals surface area (Å²) in [4.78, 5) is 35.0. The lowest BCUT2D eigenvalue weighted by Gasteiger charge is -2.24. The molecule has 7 heteroatoms. The maximum absolute atomic E-state index is 12.4. The molecular formula is C15H15NO6. The maximum atomic E-state index is 12.4. The molecule has 2 aliphatic heterocycles. The highest BCUT2D eigenvalue weighted by Gasteiger charge is 2.55. The average Bonchev–Trinajstić information content (AvgIpc) is 3.08. The third-order valence-electron chi connectivity index (χ3n) is 4.28. The van der Waals surface area contributed by atoms with E-state index in [1.807, 2.05) is 0 Å². The summed E-state index contributed by atoms with van der Waals surface area (Å²) in [6.45, 7) is 0. The van der Waals surface area contributed by atoms with E-state index in [-0.39, 0.29) is 11.3 Å². The molecule has 0 spiro atoms. The standard InChI is InChI=1S/C15H15NO6/c17-13(16-8-4-2-1-3-7(8)14(18)19)11-9-5-6-10(22-9)12(11)15(20)21/h1-4,9-12H,5-6H2,(H,16,17)(H,18,19)(H,20,21)/t9-,10+,11+,12+/m1/s1. The minimum absolute atomic E-state index is 0.0354. The lowest BCUT2D eigenvalue weighted by molar-refractivity contribution is -0.147.